The second kappa shape index (κ2) is 8.83. The van der Waals surface area contributed by atoms with Crippen molar-refractivity contribution in [3.8, 4) is 0 Å². The van der Waals surface area contributed by atoms with Gasteiger partial charge >= 0.3 is 0 Å². The zero-order valence-corrected chi connectivity index (χ0v) is 16.1. The van der Waals surface area contributed by atoms with E-state index < -0.39 is 0 Å². The van der Waals surface area contributed by atoms with Gasteiger partial charge in [0.2, 0.25) is 0 Å². The number of hydrogen-bond acceptors (Lipinski definition) is 2. The molecule has 1 aromatic heterocycles. The maximum absolute atomic E-state index is 6.05. The Bertz CT molecular complexity index is 877. The Kier molecular flexibility index (Phi) is 6.26. The van der Waals surface area contributed by atoms with Crippen molar-refractivity contribution in [3.63, 3.8) is 0 Å². The molecular weight excluding hydrogens is 364 g/mol. The highest BCUT2D eigenvalue weighted by molar-refractivity contribution is 7.80. The van der Waals surface area contributed by atoms with Crippen molar-refractivity contribution in [1.82, 2.24) is 15.1 Å². The largest absolute Gasteiger partial charge is 0.362 e. The predicted molar refractivity (Wildman–Crippen MR) is 112 cm³/mol. The van der Waals surface area contributed by atoms with Crippen LogP contribution in [0.3, 0.4) is 0 Å². The first-order chi connectivity index (χ1) is 12.6. The summed E-state index contributed by atoms with van der Waals surface area (Å²) >= 11 is 11.4. The summed E-state index contributed by atoms with van der Waals surface area (Å²) in [5.74, 6) is 0.738. The molecule has 0 amide bonds. The fraction of sp³-hybridized carbons (Fsp3) is 0.200. The van der Waals surface area contributed by atoms with Crippen LogP contribution < -0.4 is 10.6 Å². The maximum atomic E-state index is 6.05. The minimum Gasteiger partial charge on any atom is -0.362 e. The van der Waals surface area contributed by atoms with Crippen molar-refractivity contribution in [2.45, 2.75) is 19.9 Å². The minimum absolute atomic E-state index is 0.577. The third kappa shape index (κ3) is 5.31. The fourth-order valence-electron chi connectivity index (χ4n) is 2.67. The van der Waals surface area contributed by atoms with E-state index >= 15 is 0 Å². The molecule has 3 rings (SSSR count). The van der Waals surface area contributed by atoms with Crippen LogP contribution in [0, 0.1) is 6.92 Å². The average Bonchev–Trinajstić information content (AvgIpc) is 2.95. The lowest BCUT2D eigenvalue weighted by Gasteiger charge is -2.08. The molecule has 0 bridgehead atoms. The van der Waals surface area contributed by atoms with E-state index in [1.807, 2.05) is 60.1 Å². The molecule has 4 nitrogen and oxygen atoms in total. The van der Waals surface area contributed by atoms with Gasteiger partial charge in [0.15, 0.2) is 10.9 Å². The number of nitrogens with zero attached hydrogens (tertiary/aromatic N) is 2. The van der Waals surface area contributed by atoms with Crippen LogP contribution in [0.15, 0.2) is 60.7 Å². The highest BCUT2D eigenvalue weighted by Gasteiger charge is 2.07. The molecule has 0 atom stereocenters. The van der Waals surface area contributed by atoms with Crippen molar-refractivity contribution in [2.24, 2.45) is 0 Å². The minimum atomic E-state index is 0.577. The third-order valence-electron chi connectivity index (χ3n) is 3.99. The Labute approximate surface area is 164 Å². The molecule has 0 spiro atoms. The molecule has 6 heteroatoms. The first-order valence-corrected chi connectivity index (χ1v) is 9.26. The number of thiocarbonyl (C=S) groups is 1. The lowest BCUT2D eigenvalue weighted by molar-refractivity contribution is 0.668. The van der Waals surface area contributed by atoms with Gasteiger partial charge in [-0.1, -0.05) is 54.1 Å². The summed E-state index contributed by atoms with van der Waals surface area (Å²) in [6, 6.07) is 20.1. The smallest absolute Gasteiger partial charge is 0.172 e. The van der Waals surface area contributed by atoms with Crippen LogP contribution in [-0.2, 0) is 13.0 Å². The van der Waals surface area contributed by atoms with Crippen LogP contribution in [0.25, 0.3) is 0 Å². The van der Waals surface area contributed by atoms with E-state index in [9.17, 15) is 0 Å². The van der Waals surface area contributed by atoms with Crippen molar-refractivity contribution < 1.29 is 0 Å². The molecule has 0 aliphatic rings. The Hall–Kier alpha value is -2.37. The number of halogens is 1. The zero-order valence-electron chi connectivity index (χ0n) is 14.6. The molecule has 134 valence electrons. The van der Waals surface area contributed by atoms with Gasteiger partial charge < -0.3 is 10.6 Å². The maximum Gasteiger partial charge on any atom is 0.172 e. The van der Waals surface area contributed by atoms with Crippen molar-refractivity contribution in [1.29, 1.82) is 0 Å². The highest BCUT2D eigenvalue weighted by atomic mass is 35.5. The van der Waals surface area contributed by atoms with Gasteiger partial charge in [-0.05, 0) is 48.8 Å². The van der Waals surface area contributed by atoms with Crippen LogP contribution in [0.4, 0.5) is 5.82 Å². The van der Waals surface area contributed by atoms with Gasteiger partial charge in [-0.25, -0.2) is 0 Å². The van der Waals surface area contributed by atoms with Crippen LogP contribution in [-0.4, -0.2) is 21.4 Å². The third-order valence-corrected chi connectivity index (χ3v) is 4.47. The summed E-state index contributed by atoms with van der Waals surface area (Å²) in [6.07, 6.45) is 0.922. The van der Waals surface area contributed by atoms with E-state index in [0.29, 0.717) is 11.7 Å². The van der Waals surface area contributed by atoms with Crippen molar-refractivity contribution >= 4 is 34.7 Å². The number of aryl methyl sites for hydroxylation is 1. The molecule has 0 unspecified atom stereocenters. The Balaban J connectivity index is 1.52. The number of anilines is 1. The molecule has 0 aliphatic heterocycles. The zero-order chi connectivity index (χ0) is 18.4. The SMILES string of the molecule is Cc1cc(NC(=S)NCCc2ccccc2)nn1Cc1cccc(Cl)c1. The molecule has 0 fully saturated rings. The van der Waals surface area contributed by atoms with Gasteiger partial charge in [-0.3, -0.25) is 4.68 Å². The summed E-state index contributed by atoms with van der Waals surface area (Å²) in [5.41, 5.74) is 3.45. The Morgan fingerprint density at radius 3 is 2.62 bits per heavy atom. The van der Waals surface area contributed by atoms with Gasteiger partial charge in [0.05, 0.1) is 6.54 Å². The Morgan fingerprint density at radius 2 is 1.85 bits per heavy atom. The number of nitrogens with one attached hydrogen (secondary N) is 2. The van der Waals surface area contributed by atoms with Crippen LogP contribution in [0.5, 0.6) is 0 Å². The molecule has 0 aliphatic carbocycles. The van der Waals surface area contributed by atoms with Crippen molar-refractivity contribution in [3.05, 3.63) is 82.5 Å². The van der Waals surface area contributed by atoms with E-state index in [2.05, 4.69) is 27.9 Å². The lowest BCUT2D eigenvalue weighted by Crippen LogP contribution is -2.30. The van der Waals surface area contributed by atoms with Crippen LogP contribution in [0.2, 0.25) is 5.02 Å². The summed E-state index contributed by atoms with van der Waals surface area (Å²) in [5, 5.41) is 12.3. The van der Waals surface area contributed by atoms with Gasteiger partial charge in [0, 0.05) is 23.3 Å². The van der Waals surface area contributed by atoms with E-state index in [-0.39, 0.29) is 0 Å². The summed E-state index contributed by atoms with van der Waals surface area (Å²) in [6.45, 7) is 3.47. The standard InChI is InChI=1S/C20H21ClN4S/c1-15-12-19(24-25(15)14-17-8-5-9-18(21)13-17)23-20(26)22-11-10-16-6-3-2-4-7-16/h2-9,12-13H,10-11,14H2,1H3,(H2,22,23,24,26). The number of benzene rings is 2. The first kappa shape index (κ1) is 18.4. The number of aromatic nitrogens is 2. The molecule has 0 saturated heterocycles. The van der Waals surface area contributed by atoms with E-state index in [1.165, 1.54) is 5.56 Å². The van der Waals surface area contributed by atoms with E-state index in [0.717, 1.165) is 35.1 Å². The summed E-state index contributed by atoms with van der Waals surface area (Å²) in [7, 11) is 0. The second-order valence-corrected chi connectivity index (χ2v) is 6.92. The molecule has 3 aromatic rings. The van der Waals surface area contributed by atoms with Crippen LogP contribution in [0.1, 0.15) is 16.8 Å². The Morgan fingerprint density at radius 1 is 1.08 bits per heavy atom. The molecular formula is C20H21ClN4S. The van der Waals surface area contributed by atoms with Crippen molar-refractivity contribution in [2.75, 3.05) is 11.9 Å². The van der Waals surface area contributed by atoms with E-state index in [1.54, 1.807) is 0 Å². The monoisotopic (exact) mass is 384 g/mol. The fourth-order valence-corrected chi connectivity index (χ4v) is 3.08. The molecule has 0 saturated carbocycles. The van der Waals surface area contributed by atoms with E-state index in [4.69, 9.17) is 23.8 Å². The summed E-state index contributed by atoms with van der Waals surface area (Å²) < 4.78 is 1.93. The number of hydrogen-bond donors (Lipinski definition) is 2. The highest BCUT2D eigenvalue weighted by Crippen LogP contribution is 2.14. The number of rotatable bonds is 6. The predicted octanol–water partition coefficient (Wildman–Crippen LogP) is 4.42. The normalized spacial score (nSPS) is 10.5. The first-order valence-electron chi connectivity index (χ1n) is 8.48. The quantitative estimate of drug-likeness (QED) is 0.617. The van der Waals surface area contributed by atoms with Crippen LogP contribution >= 0.6 is 23.8 Å². The van der Waals surface area contributed by atoms with Gasteiger partial charge in [-0.2, -0.15) is 5.10 Å². The van der Waals surface area contributed by atoms with Gasteiger partial charge in [-0.15, -0.1) is 0 Å². The molecule has 1 heterocycles. The second-order valence-electron chi connectivity index (χ2n) is 6.08. The summed E-state index contributed by atoms with van der Waals surface area (Å²) in [4.78, 5) is 0. The molecule has 2 N–H and O–H groups in total. The molecule has 26 heavy (non-hydrogen) atoms. The molecule has 2 aromatic carbocycles. The molecule has 0 radical (unpaired) electrons. The van der Waals surface area contributed by atoms with Gasteiger partial charge in [0.25, 0.3) is 0 Å². The average molecular weight is 385 g/mol. The topological polar surface area (TPSA) is 41.9 Å². The van der Waals surface area contributed by atoms with Gasteiger partial charge in [0.1, 0.15) is 0 Å². The lowest BCUT2D eigenvalue weighted by atomic mass is 10.1.